The molecule has 51 heavy (non-hydrogen) atoms. The number of anilines is 2. The highest BCUT2D eigenvalue weighted by molar-refractivity contribution is 9.10. The van der Waals surface area contributed by atoms with E-state index in [9.17, 15) is 0 Å². The second-order valence-corrected chi connectivity index (χ2v) is 16.4. The second kappa shape index (κ2) is 12.3. The lowest BCUT2D eigenvalue weighted by molar-refractivity contribution is 0.0462. The summed E-state index contributed by atoms with van der Waals surface area (Å²) in [7, 11) is 4.18. The van der Waals surface area contributed by atoms with Crippen molar-refractivity contribution in [2.75, 3.05) is 50.3 Å². The lowest BCUT2D eigenvalue weighted by Gasteiger charge is -2.46. The van der Waals surface area contributed by atoms with Crippen molar-refractivity contribution in [3.8, 4) is 23.0 Å². The van der Waals surface area contributed by atoms with Crippen molar-refractivity contribution < 1.29 is 23.7 Å². The van der Waals surface area contributed by atoms with Gasteiger partial charge in [-0.25, -0.2) is 0 Å². The van der Waals surface area contributed by atoms with Crippen LogP contribution in [0.15, 0.2) is 93.9 Å². The van der Waals surface area contributed by atoms with Gasteiger partial charge in [-0.05, 0) is 112 Å². The molecule has 2 unspecified atom stereocenters. The normalized spacial score (nSPS) is 22.7. The SMILES string of the molecule is CN1c2ccc(Br)cc2C(C)(C)C12C=Cc1cccc(OCCOCCOc3cccc4c3OC3(C=C4)N(C)c4ccc(Br)cc4C3(C)C)c1O2. The first-order valence-electron chi connectivity index (χ1n) is 17.3. The van der Waals surface area contributed by atoms with E-state index in [1.54, 1.807) is 0 Å². The monoisotopic (exact) mass is 812 g/mol. The van der Waals surface area contributed by atoms with Gasteiger partial charge in [0.05, 0.1) is 24.0 Å². The van der Waals surface area contributed by atoms with Crippen LogP contribution in [0.5, 0.6) is 23.0 Å². The fraction of sp³-hybridized carbons (Fsp3) is 0.333. The van der Waals surface area contributed by atoms with Crippen molar-refractivity contribution in [2.24, 2.45) is 0 Å². The lowest BCUT2D eigenvalue weighted by atomic mass is 9.76. The molecule has 9 heteroatoms. The van der Waals surface area contributed by atoms with E-state index in [2.05, 4.69) is 156 Å². The summed E-state index contributed by atoms with van der Waals surface area (Å²) in [6, 6.07) is 24.8. The minimum Gasteiger partial charge on any atom is -0.487 e. The number of fused-ring (bicyclic) bond motifs is 4. The zero-order valence-electron chi connectivity index (χ0n) is 29.8. The first kappa shape index (κ1) is 34.2. The van der Waals surface area contributed by atoms with Gasteiger partial charge in [0.1, 0.15) is 13.2 Å². The van der Waals surface area contributed by atoms with Gasteiger partial charge in [0.25, 0.3) is 0 Å². The minimum atomic E-state index is -0.698. The Hall–Kier alpha value is -3.92. The van der Waals surface area contributed by atoms with Crippen molar-refractivity contribution in [3.05, 3.63) is 116 Å². The van der Waals surface area contributed by atoms with Crippen LogP contribution in [0.25, 0.3) is 12.2 Å². The summed E-state index contributed by atoms with van der Waals surface area (Å²) in [5.41, 5.74) is 4.70. The predicted molar refractivity (Wildman–Crippen MR) is 211 cm³/mol. The smallest absolute Gasteiger partial charge is 0.212 e. The standard InChI is InChI=1S/C42H42Br2N2O5/c1-39(2)31-25-29(43)13-15-33(31)45(5)41(39)19-17-27-9-7-11-35(37(27)50-41)48-23-21-47-22-24-49-36-12-8-10-28-18-20-42(51-38(28)36)40(3,4)32-26-30(44)14-16-34(32)46(42)6/h7-20,25-26H,21-24H2,1-6H3. The number of benzene rings is 4. The molecule has 4 aromatic carbocycles. The first-order chi connectivity index (χ1) is 24.4. The number of hydrogen-bond acceptors (Lipinski definition) is 7. The Morgan fingerprint density at radius 1 is 0.588 bits per heavy atom. The number of halogens is 2. The molecular weight excluding hydrogens is 772 g/mol. The number of nitrogens with zero attached hydrogens (tertiary/aromatic N) is 2. The minimum absolute atomic E-state index is 0.323. The van der Waals surface area contributed by atoms with Crippen molar-refractivity contribution in [1.82, 2.24) is 0 Å². The molecule has 4 aromatic rings. The third-order valence-corrected chi connectivity index (χ3v) is 12.2. The molecule has 7 nitrogen and oxygen atoms in total. The zero-order valence-corrected chi connectivity index (χ0v) is 32.9. The summed E-state index contributed by atoms with van der Waals surface area (Å²) in [5.74, 6) is 2.87. The fourth-order valence-corrected chi connectivity index (χ4v) is 9.02. The molecule has 0 fully saturated rings. The van der Waals surface area contributed by atoms with Gasteiger partial charge in [-0.3, -0.25) is 0 Å². The first-order valence-corrected chi connectivity index (χ1v) is 18.9. The molecule has 4 aliphatic heterocycles. The molecule has 264 valence electrons. The third kappa shape index (κ3) is 5.13. The van der Waals surface area contributed by atoms with Crippen LogP contribution in [0.4, 0.5) is 11.4 Å². The average molecular weight is 815 g/mol. The van der Waals surface area contributed by atoms with Crippen LogP contribution in [-0.2, 0) is 15.6 Å². The molecule has 0 N–H and O–H groups in total. The summed E-state index contributed by atoms with van der Waals surface area (Å²) in [4.78, 5) is 4.45. The van der Waals surface area contributed by atoms with Crippen molar-refractivity contribution in [3.63, 3.8) is 0 Å². The Bertz CT molecular complexity index is 1950. The summed E-state index contributed by atoms with van der Waals surface area (Å²) in [6.07, 6.45) is 8.64. The number of hydrogen-bond donors (Lipinski definition) is 0. The highest BCUT2D eigenvalue weighted by atomic mass is 79.9. The molecular formula is C42H42Br2N2O5. The molecule has 0 bridgehead atoms. The van der Waals surface area contributed by atoms with Crippen LogP contribution < -0.4 is 28.7 Å². The molecule has 0 amide bonds. The van der Waals surface area contributed by atoms with E-state index >= 15 is 0 Å². The molecule has 0 aliphatic carbocycles. The maximum atomic E-state index is 6.95. The van der Waals surface area contributed by atoms with Gasteiger partial charge in [0.15, 0.2) is 23.0 Å². The Labute approximate surface area is 317 Å². The topological polar surface area (TPSA) is 52.6 Å². The Kier molecular flexibility index (Phi) is 8.28. The molecule has 2 spiro atoms. The fourth-order valence-electron chi connectivity index (χ4n) is 8.30. The van der Waals surface area contributed by atoms with Gasteiger partial charge in [0, 0.05) is 45.5 Å². The zero-order chi connectivity index (χ0) is 35.8. The van der Waals surface area contributed by atoms with Crippen LogP contribution in [0.1, 0.15) is 49.9 Å². The largest absolute Gasteiger partial charge is 0.487 e. The molecule has 4 aliphatic rings. The van der Waals surface area contributed by atoms with Gasteiger partial charge in [-0.15, -0.1) is 0 Å². The molecule has 4 heterocycles. The van der Waals surface area contributed by atoms with Crippen LogP contribution in [0.3, 0.4) is 0 Å². The van der Waals surface area contributed by atoms with Crippen LogP contribution in [-0.4, -0.2) is 52.0 Å². The van der Waals surface area contributed by atoms with Crippen molar-refractivity contribution in [2.45, 2.75) is 50.0 Å². The summed E-state index contributed by atoms with van der Waals surface area (Å²) in [5, 5.41) is 0. The molecule has 0 aromatic heterocycles. The highest BCUT2D eigenvalue weighted by Gasteiger charge is 2.59. The van der Waals surface area contributed by atoms with E-state index in [0.717, 1.165) is 42.9 Å². The molecule has 2 atom stereocenters. The van der Waals surface area contributed by atoms with Crippen LogP contribution >= 0.6 is 31.9 Å². The molecule has 8 rings (SSSR count). The molecule has 0 saturated carbocycles. The predicted octanol–water partition coefficient (Wildman–Crippen LogP) is 9.74. The quantitative estimate of drug-likeness (QED) is 0.164. The van der Waals surface area contributed by atoms with Gasteiger partial charge in [-0.2, -0.15) is 0 Å². The van der Waals surface area contributed by atoms with Crippen molar-refractivity contribution in [1.29, 1.82) is 0 Å². The lowest BCUT2D eigenvalue weighted by Crippen LogP contribution is -2.58. The van der Waals surface area contributed by atoms with E-state index in [-0.39, 0.29) is 10.8 Å². The van der Waals surface area contributed by atoms with Gasteiger partial charge in [0.2, 0.25) is 11.4 Å². The highest BCUT2D eigenvalue weighted by Crippen LogP contribution is 2.57. The maximum absolute atomic E-state index is 6.95. The Morgan fingerprint density at radius 2 is 1.02 bits per heavy atom. The number of rotatable bonds is 8. The van der Waals surface area contributed by atoms with Gasteiger partial charge < -0.3 is 33.5 Å². The summed E-state index contributed by atoms with van der Waals surface area (Å²) >= 11 is 7.32. The molecule has 0 radical (unpaired) electrons. The van der Waals surface area contributed by atoms with E-state index in [0.29, 0.717) is 37.9 Å². The number of likely N-dealkylation sites (N-methyl/N-ethyl adjacent to an activating group) is 2. The maximum Gasteiger partial charge on any atom is 0.212 e. The van der Waals surface area contributed by atoms with Crippen LogP contribution in [0, 0.1) is 0 Å². The van der Waals surface area contributed by atoms with E-state index in [4.69, 9.17) is 23.7 Å². The van der Waals surface area contributed by atoms with E-state index < -0.39 is 11.4 Å². The Balaban J connectivity index is 0.889. The number of ether oxygens (including phenoxy) is 5. The average Bonchev–Trinajstić information content (AvgIpc) is 3.37. The summed E-state index contributed by atoms with van der Waals surface area (Å²) < 4.78 is 34.5. The van der Waals surface area contributed by atoms with Gasteiger partial charge in [-0.1, -0.05) is 56.1 Å². The second-order valence-electron chi connectivity index (χ2n) is 14.6. The summed E-state index contributed by atoms with van der Waals surface area (Å²) in [6.45, 7) is 10.5. The Morgan fingerprint density at radius 3 is 1.45 bits per heavy atom. The van der Waals surface area contributed by atoms with Gasteiger partial charge >= 0.3 is 0 Å². The van der Waals surface area contributed by atoms with Crippen LogP contribution in [0.2, 0.25) is 0 Å². The van der Waals surface area contributed by atoms with E-state index in [1.807, 2.05) is 24.3 Å². The van der Waals surface area contributed by atoms with E-state index in [1.165, 1.54) is 11.1 Å². The van der Waals surface area contributed by atoms with Crippen molar-refractivity contribution >= 4 is 55.4 Å². The molecule has 0 saturated heterocycles. The third-order valence-electron chi connectivity index (χ3n) is 11.3. The number of para-hydroxylation sites is 2.